The molecule has 0 aromatic heterocycles. The van der Waals surface area contributed by atoms with Gasteiger partial charge < -0.3 is 10.5 Å². The molecular weight excluding hydrogens is 212 g/mol. The van der Waals surface area contributed by atoms with Crippen molar-refractivity contribution in [3.8, 4) is 0 Å². The van der Waals surface area contributed by atoms with Crippen molar-refractivity contribution in [1.82, 2.24) is 4.90 Å². The molecule has 3 heteroatoms. The molecule has 1 saturated heterocycles. The zero-order valence-corrected chi connectivity index (χ0v) is 10.6. The van der Waals surface area contributed by atoms with Crippen LogP contribution in [0.15, 0.2) is 24.3 Å². The molecule has 1 aromatic carbocycles. The SMILES string of the molecule is CCC1CN(CCc2ccc(N)cc2)CCO1. The van der Waals surface area contributed by atoms with Crippen LogP contribution in [0, 0.1) is 0 Å². The van der Waals surface area contributed by atoms with Crippen molar-refractivity contribution in [2.45, 2.75) is 25.9 Å². The zero-order valence-electron chi connectivity index (χ0n) is 10.6. The van der Waals surface area contributed by atoms with Crippen molar-refractivity contribution in [2.24, 2.45) is 0 Å². The summed E-state index contributed by atoms with van der Waals surface area (Å²) in [6, 6.07) is 8.19. The van der Waals surface area contributed by atoms with Crippen molar-refractivity contribution in [1.29, 1.82) is 0 Å². The van der Waals surface area contributed by atoms with E-state index in [1.54, 1.807) is 0 Å². The fourth-order valence-electron chi connectivity index (χ4n) is 2.20. The molecule has 1 aromatic rings. The molecule has 0 spiro atoms. The molecule has 2 rings (SSSR count). The van der Waals surface area contributed by atoms with Crippen molar-refractivity contribution in [3.05, 3.63) is 29.8 Å². The molecule has 1 aliphatic rings. The summed E-state index contributed by atoms with van der Waals surface area (Å²) in [5.41, 5.74) is 7.87. The van der Waals surface area contributed by atoms with Crippen LogP contribution in [0.3, 0.4) is 0 Å². The number of ether oxygens (including phenoxy) is 1. The molecule has 0 bridgehead atoms. The zero-order chi connectivity index (χ0) is 12.1. The van der Waals surface area contributed by atoms with Crippen molar-refractivity contribution < 1.29 is 4.74 Å². The molecule has 1 aliphatic heterocycles. The summed E-state index contributed by atoms with van der Waals surface area (Å²) in [5.74, 6) is 0. The summed E-state index contributed by atoms with van der Waals surface area (Å²) in [6.07, 6.45) is 2.63. The molecule has 2 N–H and O–H groups in total. The van der Waals surface area contributed by atoms with E-state index in [-0.39, 0.29) is 0 Å². The number of benzene rings is 1. The molecular formula is C14H22N2O. The monoisotopic (exact) mass is 234 g/mol. The van der Waals surface area contributed by atoms with Crippen LogP contribution in [0.1, 0.15) is 18.9 Å². The van der Waals surface area contributed by atoms with Gasteiger partial charge in [-0.05, 0) is 30.5 Å². The first-order valence-electron chi connectivity index (χ1n) is 6.46. The van der Waals surface area contributed by atoms with Crippen LogP contribution in [0.4, 0.5) is 5.69 Å². The average Bonchev–Trinajstić information content (AvgIpc) is 2.38. The van der Waals surface area contributed by atoms with Crippen LogP contribution in [0.5, 0.6) is 0 Å². The maximum absolute atomic E-state index is 5.67. The van der Waals surface area contributed by atoms with Gasteiger partial charge in [0.15, 0.2) is 0 Å². The number of rotatable bonds is 4. The minimum atomic E-state index is 0.426. The van der Waals surface area contributed by atoms with Gasteiger partial charge in [-0.2, -0.15) is 0 Å². The van der Waals surface area contributed by atoms with Gasteiger partial charge in [0.25, 0.3) is 0 Å². The van der Waals surface area contributed by atoms with Crippen molar-refractivity contribution >= 4 is 5.69 Å². The van der Waals surface area contributed by atoms with E-state index in [1.807, 2.05) is 12.1 Å². The first-order valence-corrected chi connectivity index (χ1v) is 6.46. The fourth-order valence-corrected chi connectivity index (χ4v) is 2.20. The summed E-state index contributed by atoms with van der Waals surface area (Å²) in [6.45, 7) is 6.31. The first kappa shape index (κ1) is 12.4. The fraction of sp³-hybridized carbons (Fsp3) is 0.571. The topological polar surface area (TPSA) is 38.5 Å². The Labute approximate surface area is 104 Å². The predicted octanol–water partition coefficient (Wildman–Crippen LogP) is 1.92. The van der Waals surface area contributed by atoms with Gasteiger partial charge >= 0.3 is 0 Å². The summed E-state index contributed by atoms with van der Waals surface area (Å²) in [4.78, 5) is 2.49. The molecule has 94 valence electrons. The van der Waals surface area contributed by atoms with Gasteiger partial charge in [-0.3, -0.25) is 4.90 Å². The quantitative estimate of drug-likeness (QED) is 0.809. The molecule has 1 heterocycles. The molecule has 0 aliphatic carbocycles. The highest BCUT2D eigenvalue weighted by Gasteiger charge is 2.18. The molecule has 3 nitrogen and oxygen atoms in total. The van der Waals surface area contributed by atoms with E-state index in [9.17, 15) is 0 Å². The minimum absolute atomic E-state index is 0.426. The summed E-state index contributed by atoms with van der Waals surface area (Å²) >= 11 is 0. The molecule has 1 atom stereocenters. The van der Waals surface area contributed by atoms with Gasteiger partial charge in [0.05, 0.1) is 12.7 Å². The molecule has 1 fully saturated rings. The third-order valence-corrected chi connectivity index (χ3v) is 3.37. The molecule has 0 amide bonds. The summed E-state index contributed by atoms with van der Waals surface area (Å²) in [5, 5.41) is 0. The number of hydrogen-bond acceptors (Lipinski definition) is 3. The number of morpholine rings is 1. The summed E-state index contributed by atoms with van der Waals surface area (Å²) in [7, 11) is 0. The van der Waals surface area contributed by atoms with Crippen LogP contribution in [-0.4, -0.2) is 37.2 Å². The lowest BCUT2D eigenvalue weighted by molar-refractivity contribution is -0.0291. The van der Waals surface area contributed by atoms with Gasteiger partial charge in [0.2, 0.25) is 0 Å². The van der Waals surface area contributed by atoms with E-state index in [4.69, 9.17) is 10.5 Å². The Balaban J connectivity index is 1.79. The van der Waals surface area contributed by atoms with Crippen molar-refractivity contribution in [2.75, 3.05) is 32.0 Å². The Kier molecular flexibility index (Phi) is 4.40. The van der Waals surface area contributed by atoms with Gasteiger partial charge in [-0.1, -0.05) is 19.1 Å². The highest BCUT2D eigenvalue weighted by atomic mass is 16.5. The molecule has 0 radical (unpaired) electrons. The number of nitrogens with two attached hydrogens (primary N) is 1. The van der Waals surface area contributed by atoms with Crippen LogP contribution >= 0.6 is 0 Å². The second-order valence-electron chi connectivity index (χ2n) is 4.69. The second kappa shape index (κ2) is 6.03. The lowest BCUT2D eigenvalue weighted by Gasteiger charge is -2.32. The minimum Gasteiger partial charge on any atom is -0.399 e. The lowest BCUT2D eigenvalue weighted by atomic mass is 10.1. The maximum atomic E-state index is 5.67. The normalized spacial score (nSPS) is 21.6. The van der Waals surface area contributed by atoms with E-state index in [0.29, 0.717) is 6.10 Å². The Morgan fingerprint density at radius 2 is 2.12 bits per heavy atom. The van der Waals surface area contributed by atoms with E-state index in [2.05, 4.69) is 24.0 Å². The Morgan fingerprint density at radius 1 is 1.35 bits per heavy atom. The molecule has 0 saturated carbocycles. The number of nitrogen functional groups attached to an aromatic ring is 1. The van der Waals surface area contributed by atoms with Gasteiger partial charge in [-0.25, -0.2) is 0 Å². The molecule has 1 unspecified atom stereocenters. The Morgan fingerprint density at radius 3 is 2.82 bits per heavy atom. The average molecular weight is 234 g/mol. The highest BCUT2D eigenvalue weighted by Crippen LogP contribution is 2.10. The molecule has 17 heavy (non-hydrogen) atoms. The largest absolute Gasteiger partial charge is 0.399 e. The van der Waals surface area contributed by atoms with Crippen LogP contribution in [0.2, 0.25) is 0 Å². The van der Waals surface area contributed by atoms with E-state index in [1.165, 1.54) is 5.56 Å². The van der Waals surface area contributed by atoms with Crippen LogP contribution in [0.25, 0.3) is 0 Å². The number of hydrogen-bond donors (Lipinski definition) is 1. The first-order chi connectivity index (χ1) is 8.28. The van der Waals surface area contributed by atoms with E-state index < -0.39 is 0 Å². The lowest BCUT2D eigenvalue weighted by Crippen LogP contribution is -2.42. The van der Waals surface area contributed by atoms with Gasteiger partial charge in [-0.15, -0.1) is 0 Å². The third kappa shape index (κ3) is 3.72. The van der Waals surface area contributed by atoms with Crippen LogP contribution in [-0.2, 0) is 11.2 Å². The smallest absolute Gasteiger partial charge is 0.0700 e. The maximum Gasteiger partial charge on any atom is 0.0700 e. The highest BCUT2D eigenvalue weighted by molar-refractivity contribution is 5.39. The number of anilines is 1. The summed E-state index contributed by atoms with van der Waals surface area (Å²) < 4.78 is 5.67. The number of nitrogens with zero attached hydrogens (tertiary/aromatic N) is 1. The Bertz CT molecular complexity index is 337. The van der Waals surface area contributed by atoms with Crippen LogP contribution < -0.4 is 5.73 Å². The Hall–Kier alpha value is -1.06. The van der Waals surface area contributed by atoms with E-state index in [0.717, 1.165) is 44.8 Å². The van der Waals surface area contributed by atoms with Crippen molar-refractivity contribution in [3.63, 3.8) is 0 Å². The third-order valence-electron chi connectivity index (χ3n) is 3.37. The predicted molar refractivity (Wildman–Crippen MR) is 71.0 cm³/mol. The van der Waals surface area contributed by atoms with Gasteiger partial charge in [0, 0.05) is 25.3 Å². The van der Waals surface area contributed by atoms with Gasteiger partial charge in [0.1, 0.15) is 0 Å². The van der Waals surface area contributed by atoms with E-state index >= 15 is 0 Å². The second-order valence-corrected chi connectivity index (χ2v) is 4.69. The standard InChI is InChI=1S/C14H22N2O/c1-2-14-11-16(9-10-17-14)8-7-12-3-5-13(15)6-4-12/h3-6,14H,2,7-11,15H2,1H3.